The Morgan fingerprint density at radius 3 is 2.73 bits per heavy atom. The number of likely N-dealkylation sites (N-methyl/N-ethyl adjacent to an activating group) is 1. The fourth-order valence-electron chi connectivity index (χ4n) is 3.12. The highest BCUT2D eigenvalue weighted by molar-refractivity contribution is 5.78. The van der Waals surface area contributed by atoms with Crippen molar-refractivity contribution >= 4 is 5.91 Å². The summed E-state index contributed by atoms with van der Waals surface area (Å²) in [5.74, 6) is 0.152. The van der Waals surface area contributed by atoms with E-state index in [-0.39, 0.29) is 5.91 Å². The van der Waals surface area contributed by atoms with Crippen molar-refractivity contribution in [2.45, 2.75) is 38.6 Å². The van der Waals surface area contributed by atoms with Gasteiger partial charge in [-0.05, 0) is 42.4 Å². The maximum absolute atomic E-state index is 12.4. The molecule has 0 saturated carbocycles. The molecule has 0 atom stereocenters. The molecule has 2 aromatic rings. The second-order valence-electron chi connectivity index (χ2n) is 6.26. The van der Waals surface area contributed by atoms with Gasteiger partial charge in [-0.3, -0.25) is 9.48 Å². The van der Waals surface area contributed by atoms with Crippen LogP contribution in [0.3, 0.4) is 0 Å². The third kappa shape index (κ3) is 3.38. The van der Waals surface area contributed by atoms with Gasteiger partial charge in [-0.25, -0.2) is 0 Å². The number of nitrogens with zero attached hydrogens (tertiary/aromatic N) is 3. The first-order valence-electron chi connectivity index (χ1n) is 7.94. The Morgan fingerprint density at radius 2 is 2.00 bits per heavy atom. The monoisotopic (exact) mass is 297 g/mol. The van der Waals surface area contributed by atoms with Crippen LogP contribution in [0.25, 0.3) is 0 Å². The lowest BCUT2D eigenvalue weighted by atomic mass is 9.90. The number of aromatic nitrogens is 2. The molecule has 116 valence electrons. The quantitative estimate of drug-likeness (QED) is 0.869. The first-order valence-corrected chi connectivity index (χ1v) is 7.94. The minimum atomic E-state index is 0.152. The fourth-order valence-corrected chi connectivity index (χ4v) is 3.12. The summed E-state index contributed by atoms with van der Waals surface area (Å²) in [6.45, 7) is 0.609. The molecule has 0 saturated heterocycles. The zero-order chi connectivity index (χ0) is 15.5. The molecule has 1 aromatic heterocycles. The molecular weight excluding hydrogens is 274 g/mol. The van der Waals surface area contributed by atoms with Crippen molar-refractivity contribution < 1.29 is 4.79 Å². The smallest absolute Gasteiger partial charge is 0.227 e. The molecular formula is C18H23N3O. The highest BCUT2D eigenvalue weighted by atomic mass is 16.2. The van der Waals surface area contributed by atoms with Crippen molar-refractivity contribution in [3.63, 3.8) is 0 Å². The third-order valence-corrected chi connectivity index (χ3v) is 4.37. The van der Waals surface area contributed by atoms with E-state index in [1.165, 1.54) is 30.4 Å². The SMILES string of the molecule is CN(Cc1cnn(C)c1)C(=O)Cc1ccc2c(c1)CCCC2. The summed E-state index contributed by atoms with van der Waals surface area (Å²) in [6.07, 6.45) is 9.13. The number of aryl methyl sites for hydroxylation is 3. The normalized spacial score (nSPS) is 13.7. The molecule has 1 aliphatic carbocycles. The van der Waals surface area contributed by atoms with Crippen LogP contribution < -0.4 is 0 Å². The van der Waals surface area contributed by atoms with Gasteiger partial charge in [0.25, 0.3) is 0 Å². The molecule has 1 heterocycles. The van der Waals surface area contributed by atoms with E-state index in [0.717, 1.165) is 17.5 Å². The Balaban J connectivity index is 1.63. The third-order valence-electron chi connectivity index (χ3n) is 4.37. The van der Waals surface area contributed by atoms with Crippen molar-refractivity contribution in [1.82, 2.24) is 14.7 Å². The van der Waals surface area contributed by atoms with E-state index in [9.17, 15) is 4.79 Å². The number of carbonyl (C=O) groups excluding carboxylic acids is 1. The number of benzene rings is 1. The van der Waals surface area contributed by atoms with Gasteiger partial charge in [0.2, 0.25) is 5.91 Å². The van der Waals surface area contributed by atoms with Gasteiger partial charge in [-0.1, -0.05) is 18.2 Å². The highest BCUT2D eigenvalue weighted by Crippen LogP contribution is 2.22. The van der Waals surface area contributed by atoms with Crippen molar-refractivity contribution in [3.8, 4) is 0 Å². The second kappa shape index (κ2) is 6.34. The molecule has 1 aromatic carbocycles. The Kier molecular flexibility index (Phi) is 4.27. The second-order valence-corrected chi connectivity index (χ2v) is 6.26. The maximum Gasteiger partial charge on any atom is 0.227 e. The topological polar surface area (TPSA) is 38.1 Å². The van der Waals surface area contributed by atoms with E-state index in [4.69, 9.17) is 0 Å². The lowest BCUT2D eigenvalue weighted by molar-refractivity contribution is -0.129. The van der Waals surface area contributed by atoms with Gasteiger partial charge in [0, 0.05) is 32.4 Å². The number of hydrogen-bond donors (Lipinski definition) is 0. The summed E-state index contributed by atoms with van der Waals surface area (Å²) >= 11 is 0. The average molecular weight is 297 g/mol. The zero-order valence-corrected chi connectivity index (χ0v) is 13.4. The summed E-state index contributed by atoms with van der Waals surface area (Å²) in [5.41, 5.74) is 5.09. The summed E-state index contributed by atoms with van der Waals surface area (Å²) in [5, 5.41) is 4.14. The maximum atomic E-state index is 12.4. The van der Waals surface area contributed by atoms with Crippen LogP contribution in [0.4, 0.5) is 0 Å². The molecule has 4 heteroatoms. The van der Waals surface area contributed by atoms with Crippen molar-refractivity contribution in [2.75, 3.05) is 7.05 Å². The lowest BCUT2D eigenvalue weighted by Gasteiger charge is -2.19. The van der Waals surface area contributed by atoms with Crippen molar-refractivity contribution in [2.24, 2.45) is 7.05 Å². The molecule has 0 fully saturated rings. The average Bonchev–Trinajstić information content (AvgIpc) is 2.92. The lowest BCUT2D eigenvalue weighted by Crippen LogP contribution is -2.27. The molecule has 1 amide bonds. The molecule has 0 N–H and O–H groups in total. The fraction of sp³-hybridized carbons (Fsp3) is 0.444. The summed E-state index contributed by atoms with van der Waals surface area (Å²) in [7, 11) is 3.74. The van der Waals surface area contributed by atoms with Gasteiger partial charge < -0.3 is 4.90 Å². The van der Waals surface area contributed by atoms with Crippen LogP contribution in [0.1, 0.15) is 35.1 Å². The van der Waals surface area contributed by atoms with Crippen molar-refractivity contribution in [1.29, 1.82) is 0 Å². The van der Waals surface area contributed by atoms with Crippen LogP contribution in [0.2, 0.25) is 0 Å². The van der Waals surface area contributed by atoms with Crippen LogP contribution in [-0.2, 0) is 37.6 Å². The first-order chi connectivity index (χ1) is 10.6. The highest BCUT2D eigenvalue weighted by Gasteiger charge is 2.14. The largest absolute Gasteiger partial charge is 0.341 e. The molecule has 0 aliphatic heterocycles. The predicted octanol–water partition coefficient (Wildman–Crippen LogP) is 2.50. The van der Waals surface area contributed by atoms with E-state index in [1.54, 1.807) is 9.58 Å². The van der Waals surface area contributed by atoms with Crippen LogP contribution in [0.5, 0.6) is 0 Å². The van der Waals surface area contributed by atoms with Crippen LogP contribution >= 0.6 is 0 Å². The Bertz CT molecular complexity index is 675. The van der Waals surface area contributed by atoms with E-state index in [1.807, 2.05) is 26.5 Å². The van der Waals surface area contributed by atoms with Gasteiger partial charge >= 0.3 is 0 Å². The number of amides is 1. The Hall–Kier alpha value is -2.10. The molecule has 22 heavy (non-hydrogen) atoms. The molecule has 0 spiro atoms. The predicted molar refractivity (Wildman–Crippen MR) is 86.5 cm³/mol. The molecule has 0 unspecified atom stereocenters. The molecule has 0 bridgehead atoms. The molecule has 3 rings (SSSR count). The van der Waals surface area contributed by atoms with Gasteiger partial charge in [0.1, 0.15) is 0 Å². The minimum absolute atomic E-state index is 0.152. The zero-order valence-electron chi connectivity index (χ0n) is 13.4. The molecule has 0 radical (unpaired) electrons. The van der Waals surface area contributed by atoms with E-state index < -0.39 is 0 Å². The molecule has 4 nitrogen and oxygen atoms in total. The van der Waals surface area contributed by atoms with Gasteiger partial charge in [-0.15, -0.1) is 0 Å². The summed E-state index contributed by atoms with van der Waals surface area (Å²) in [6, 6.07) is 6.54. The van der Waals surface area contributed by atoms with Gasteiger partial charge in [0.05, 0.1) is 12.6 Å². The Labute approximate surface area is 131 Å². The van der Waals surface area contributed by atoms with Crippen LogP contribution in [0.15, 0.2) is 30.6 Å². The number of fused-ring (bicyclic) bond motifs is 1. The van der Waals surface area contributed by atoms with Gasteiger partial charge in [0.15, 0.2) is 0 Å². The minimum Gasteiger partial charge on any atom is -0.341 e. The van der Waals surface area contributed by atoms with Gasteiger partial charge in [-0.2, -0.15) is 5.10 Å². The van der Waals surface area contributed by atoms with Crippen LogP contribution in [-0.4, -0.2) is 27.6 Å². The van der Waals surface area contributed by atoms with Crippen molar-refractivity contribution in [3.05, 3.63) is 52.8 Å². The first kappa shape index (κ1) is 14.8. The van der Waals surface area contributed by atoms with E-state index in [2.05, 4.69) is 23.3 Å². The number of hydrogen-bond acceptors (Lipinski definition) is 2. The number of rotatable bonds is 4. The van der Waals surface area contributed by atoms with E-state index in [0.29, 0.717) is 13.0 Å². The van der Waals surface area contributed by atoms with Crippen LogP contribution in [0, 0.1) is 0 Å². The standard InChI is InChI=1S/C18H23N3O/c1-20(12-15-11-19-21(2)13-15)18(22)10-14-7-8-16-5-3-4-6-17(16)9-14/h7-9,11,13H,3-6,10,12H2,1-2H3. The van der Waals surface area contributed by atoms with E-state index >= 15 is 0 Å². The Morgan fingerprint density at radius 1 is 1.23 bits per heavy atom. The summed E-state index contributed by atoms with van der Waals surface area (Å²) in [4.78, 5) is 14.2. The number of carbonyl (C=O) groups is 1. The summed E-state index contributed by atoms with van der Waals surface area (Å²) < 4.78 is 1.76. The molecule has 1 aliphatic rings.